The predicted octanol–water partition coefficient (Wildman–Crippen LogP) is 3.89. The van der Waals surface area contributed by atoms with E-state index in [-0.39, 0.29) is 11.5 Å². The first-order chi connectivity index (χ1) is 7.64. The van der Waals surface area contributed by atoms with Gasteiger partial charge in [-0.15, -0.1) is 0 Å². The molecular weight excluding hydrogens is 198 g/mol. The Morgan fingerprint density at radius 3 is 2.56 bits per heavy atom. The standard InChI is InChI=1S/C14H23NO/c1-11(2)10-14(7-3-4-8-14)13(15)12-6-5-9-16-12/h5-6,9,11,13H,3-4,7-8,10,15H2,1-2H3. The van der Waals surface area contributed by atoms with Gasteiger partial charge in [0, 0.05) is 0 Å². The first kappa shape index (κ1) is 11.7. The molecule has 1 aromatic rings. The summed E-state index contributed by atoms with van der Waals surface area (Å²) in [5, 5.41) is 0. The summed E-state index contributed by atoms with van der Waals surface area (Å²) in [5.74, 6) is 1.67. The van der Waals surface area contributed by atoms with Crippen molar-refractivity contribution in [3.63, 3.8) is 0 Å². The summed E-state index contributed by atoms with van der Waals surface area (Å²) in [5.41, 5.74) is 6.72. The molecule has 0 spiro atoms. The monoisotopic (exact) mass is 221 g/mol. The topological polar surface area (TPSA) is 39.2 Å². The van der Waals surface area contributed by atoms with Gasteiger partial charge < -0.3 is 10.2 Å². The number of hydrogen-bond donors (Lipinski definition) is 1. The predicted molar refractivity (Wildman–Crippen MR) is 66.0 cm³/mol. The van der Waals surface area contributed by atoms with Crippen molar-refractivity contribution >= 4 is 0 Å². The first-order valence-corrected chi connectivity index (χ1v) is 6.43. The van der Waals surface area contributed by atoms with Crippen LogP contribution in [-0.4, -0.2) is 0 Å². The highest BCUT2D eigenvalue weighted by Gasteiger charge is 2.41. The highest BCUT2D eigenvalue weighted by atomic mass is 16.3. The molecule has 0 amide bonds. The van der Waals surface area contributed by atoms with Gasteiger partial charge in [0.2, 0.25) is 0 Å². The van der Waals surface area contributed by atoms with Crippen molar-refractivity contribution in [1.29, 1.82) is 0 Å². The van der Waals surface area contributed by atoms with Crippen LogP contribution in [0.1, 0.15) is 57.8 Å². The van der Waals surface area contributed by atoms with Gasteiger partial charge in [-0.3, -0.25) is 0 Å². The summed E-state index contributed by atoms with van der Waals surface area (Å²) in [7, 11) is 0. The van der Waals surface area contributed by atoms with Crippen LogP contribution in [0.5, 0.6) is 0 Å². The lowest BCUT2D eigenvalue weighted by molar-refractivity contribution is 0.166. The summed E-state index contributed by atoms with van der Waals surface area (Å²) in [6, 6.07) is 4.03. The van der Waals surface area contributed by atoms with Crippen LogP contribution in [0.4, 0.5) is 0 Å². The van der Waals surface area contributed by atoms with E-state index >= 15 is 0 Å². The van der Waals surface area contributed by atoms with Gasteiger partial charge in [-0.05, 0) is 42.7 Å². The molecule has 0 radical (unpaired) electrons. The van der Waals surface area contributed by atoms with Gasteiger partial charge in [-0.1, -0.05) is 26.7 Å². The van der Waals surface area contributed by atoms with Crippen molar-refractivity contribution in [3.05, 3.63) is 24.2 Å². The molecule has 1 aliphatic rings. The zero-order valence-corrected chi connectivity index (χ0v) is 10.4. The molecule has 0 aromatic carbocycles. The van der Waals surface area contributed by atoms with Crippen LogP contribution in [0.2, 0.25) is 0 Å². The third-order valence-corrected chi connectivity index (χ3v) is 3.92. The average molecular weight is 221 g/mol. The minimum atomic E-state index is 0.0763. The minimum Gasteiger partial charge on any atom is -0.468 e. The van der Waals surface area contributed by atoms with E-state index in [4.69, 9.17) is 10.2 Å². The maximum atomic E-state index is 6.43. The Labute approximate surface area is 98.2 Å². The van der Waals surface area contributed by atoms with Crippen LogP contribution in [0.25, 0.3) is 0 Å². The number of rotatable bonds is 4. The molecule has 16 heavy (non-hydrogen) atoms. The van der Waals surface area contributed by atoms with Crippen LogP contribution in [0.3, 0.4) is 0 Å². The molecule has 2 N–H and O–H groups in total. The van der Waals surface area contributed by atoms with Gasteiger partial charge >= 0.3 is 0 Å². The zero-order valence-electron chi connectivity index (χ0n) is 10.4. The maximum absolute atomic E-state index is 6.43. The zero-order chi connectivity index (χ0) is 11.6. The molecule has 1 aliphatic carbocycles. The van der Waals surface area contributed by atoms with E-state index < -0.39 is 0 Å². The number of nitrogens with two attached hydrogens (primary N) is 1. The number of furan rings is 1. The Kier molecular flexibility index (Phi) is 3.38. The molecule has 0 saturated heterocycles. The van der Waals surface area contributed by atoms with E-state index in [1.54, 1.807) is 6.26 Å². The molecule has 2 rings (SSSR count). The summed E-state index contributed by atoms with van der Waals surface area (Å²) in [6.45, 7) is 4.57. The van der Waals surface area contributed by atoms with Crippen molar-refractivity contribution in [2.75, 3.05) is 0 Å². The van der Waals surface area contributed by atoms with Crippen LogP contribution in [0, 0.1) is 11.3 Å². The quantitative estimate of drug-likeness (QED) is 0.837. The van der Waals surface area contributed by atoms with Crippen molar-refractivity contribution < 1.29 is 4.42 Å². The van der Waals surface area contributed by atoms with Crippen LogP contribution in [0.15, 0.2) is 22.8 Å². The fraction of sp³-hybridized carbons (Fsp3) is 0.714. The molecule has 0 bridgehead atoms. The van der Waals surface area contributed by atoms with Gasteiger partial charge in [0.25, 0.3) is 0 Å². The van der Waals surface area contributed by atoms with Gasteiger partial charge in [0.1, 0.15) is 5.76 Å². The maximum Gasteiger partial charge on any atom is 0.121 e. The lowest BCUT2D eigenvalue weighted by atomic mass is 9.72. The van der Waals surface area contributed by atoms with Crippen molar-refractivity contribution in [1.82, 2.24) is 0 Å². The first-order valence-electron chi connectivity index (χ1n) is 6.43. The van der Waals surface area contributed by atoms with Gasteiger partial charge in [0.15, 0.2) is 0 Å². The largest absolute Gasteiger partial charge is 0.468 e. The Morgan fingerprint density at radius 1 is 1.38 bits per heavy atom. The second-order valence-electron chi connectivity index (χ2n) is 5.66. The fourth-order valence-corrected chi connectivity index (χ4v) is 3.30. The summed E-state index contributed by atoms with van der Waals surface area (Å²) in [4.78, 5) is 0. The minimum absolute atomic E-state index is 0.0763. The average Bonchev–Trinajstić information content (AvgIpc) is 2.85. The molecular formula is C14H23NO. The molecule has 1 heterocycles. The second kappa shape index (κ2) is 4.62. The molecule has 2 heteroatoms. The van der Waals surface area contributed by atoms with E-state index in [2.05, 4.69) is 13.8 Å². The van der Waals surface area contributed by atoms with E-state index in [1.165, 1.54) is 32.1 Å². The van der Waals surface area contributed by atoms with E-state index in [0.29, 0.717) is 5.92 Å². The van der Waals surface area contributed by atoms with Crippen LogP contribution >= 0.6 is 0 Å². The Hall–Kier alpha value is -0.760. The molecule has 1 saturated carbocycles. The van der Waals surface area contributed by atoms with E-state index in [9.17, 15) is 0 Å². The van der Waals surface area contributed by atoms with E-state index in [1.807, 2.05) is 12.1 Å². The lowest BCUT2D eigenvalue weighted by Crippen LogP contribution is -2.33. The third-order valence-electron chi connectivity index (χ3n) is 3.92. The highest BCUT2D eigenvalue weighted by molar-refractivity contribution is 5.10. The molecule has 1 atom stereocenters. The molecule has 1 unspecified atom stereocenters. The Bertz CT molecular complexity index is 309. The van der Waals surface area contributed by atoms with Crippen LogP contribution in [-0.2, 0) is 0 Å². The SMILES string of the molecule is CC(C)CC1(C(N)c2ccco2)CCCC1. The highest BCUT2D eigenvalue weighted by Crippen LogP contribution is 2.50. The summed E-state index contributed by atoms with van der Waals surface area (Å²) >= 11 is 0. The van der Waals surface area contributed by atoms with Gasteiger partial charge in [-0.2, -0.15) is 0 Å². The lowest BCUT2D eigenvalue weighted by Gasteiger charge is -2.35. The van der Waals surface area contributed by atoms with Crippen molar-refractivity contribution in [2.24, 2.45) is 17.1 Å². The molecule has 2 nitrogen and oxygen atoms in total. The van der Waals surface area contributed by atoms with Crippen molar-refractivity contribution in [2.45, 2.75) is 52.0 Å². The Morgan fingerprint density at radius 2 is 2.06 bits per heavy atom. The Balaban J connectivity index is 2.18. The van der Waals surface area contributed by atoms with Gasteiger partial charge in [-0.25, -0.2) is 0 Å². The molecule has 1 fully saturated rings. The smallest absolute Gasteiger partial charge is 0.121 e. The van der Waals surface area contributed by atoms with E-state index in [0.717, 1.165) is 5.76 Å². The summed E-state index contributed by atoms with van der Waals surface area (Å²) < 4.78 is 5.49. The van der Waals surface area contributed by atoms with Gasteiger partial charge in [0.05, 0.1) is 12.3 Å². The fourth-order valence-electron chi connectivity index (χ4n) is 3.30. The summed E-state index contributed by atoms with van der Waals surface area (Å²) in [6.07, 6.45) is 8.10. The molecule has 1 aromatic heterocycles. The molecule has 90 valence electrons. The van der Waals surface area contributed by atoms with Crippen LogP contribution < -0.4 is 5.73 Å². The van der Waals surface area contributed by atoms with Crippen molar-refractivity contribution in [3.8, 4) is 0 Å². The third kappa shape index (κ3) is 2.17. The number of hydrogen-bond acceptors (Lipinski definition) is 2. The normalized spacial score (nSPS) is 21.5. The second-order valence-corrected chi connectivity index (χ2v) is 5.66. The molecule has 0 aliphatic heterocycles.